The van der Waals surface area contributed by atoms with E-state index in [0.717, 1.165) is 0 Å². The maximum atomic E-state index is 12.3. The molecule has 8 nitrogen and oxygen atoms in total. The predicted octanol–water partition coefficient (Wildman–Crippen LogP) is 1.97. The summed E-state index contributed by atoms with van der Waals surface area (Å²) in [5.41, 5.74) is 12.8. The Morgan fingerprint density at radius 3 is 2.44 bits per heavy atom. The molecule has 126 valence electrons. The van der Waals surface area contributed by atoms with Crippen LogP contribution < -0.4 is 21.5 Å². The van der Waals surface area contributed by atoms with Crippen LogP contribution in [0, 0.1) is 0 Å². The Hall–Kier alpha value is -3.68. The Bertz CT molecular complexity index is 970. The van der Waals surface area contributed by atoms with Crippen LogP contribution >= 0.6 is 0 Å². The first-order valence-corrected chi connectivity index (χ1v) is 7.35. The molecule has 1 amide bonds. The molecule has 0 aliphatic heterocycles. The van der Waals surface area contributed by atoms with E-state index in [9.17, 15) is 9.59 Å². The van der Waals surface area contributed by atoms with Gasteiger partial charge in [-0.3, -0.25) is 4.79 Å². The SMILES string of the molecule is CC(=O)Nc1ccc(OC(=O)c2ccc3nc(N)nc(N)c3c2)cc1. The second-order valence-electron chi connectivity index (χ2n) is 5.29. The van der Waals surface area contributed by atoms with E-state index in [1.165, 1.54) is 6.92 Å². The first-order chi connectivity index (χ1) is 11.9. The number of anilines is 3. The molecule has 5 N–H and O–H groups in total. The van der Waals surface area contributed by atoms with E-state index < -0.39 is 5.97 Å². The molecule has 25 heavy (non-hydrogen) atoms. The summed E-state index contributed by atoms with van der Waals surface area (Å²) in [6.45, 7) is 1.41. The molecule has 1 heterocycles. The smallest absolute Gasteiger partial charge is 0.343 e. The number of fused-ring (bicyclic) bond motifs is 1. The molecule has 3 aromatic rings. The Balaban J connectivity index is 1.81. The minimum Gasteiger partial charge on any atom is -0.423 e. The maximum Gasteiger partial charge on any atom is 0.343 e. The van der Waals surface area contributed by atoms with Gasteiger partial charge in [0.05, 0.1) is 11.1 Å². The first kappa shape index (κ1) is 16.2. The fraction of sp³-hybridized carbons (Fsp3) is 0.0588. The van der Waals surface area contributed by atoms with E-state index in [4.69, 9.17) is 16.2 Å². The highest BCUT2D eigenvalue weighted by Gasteiger charge is 2.12. The highest BCUT2D eigenvalue weighted by molar-refractivity contribution is 5.98. The number of nitrogen functional groups attached to an aromatic ring is 2. The molecule has 0 atom stereocenters. The van der Waals surface area contributed by atoms with Crippen LogP contribution in [0.1, 0.15) is 17.3 Å². The van der Waals surface area contributed by atoms with E-state index >= 15 is 0 Å². The zero-order chi connectivity index (χ0) is 18.0. The van der Waals surface area contributed by atoms with Crippen LogP contribution in [0.2, 0.25) is 0 Å². The van der Waals surface area contributed by atoms with Gasteiger partial charge in [0.2, 0.25) is 11.9 Å². The van der Waals surface area contributed by atoms with Crippen molar-refractivity contribution in [3.05, 3.63) is 48.0 Å². The molecule has 3 rings (SSSR count). The summed E-state index contributed by atoms with van der Waals surface area (Å²) in [6.07, 6.45) is 0. The number of nitrogens with one attached hydrogen (secondary N) is 1. The molecule has 2 aromatic carbocycles. The van der Waals surface area contributed by atoms with Crippen LogP contribution in [0.5, 0.6) is 5.75 Å². The number of hydrogen-bond acceptors (Lipinski definition) is 7. The minimum absolute atomic E-state index is 0.0691. The number of amides is 1. The molecule has 8 heteroatoms. The van der Waals surface area contributed by atoms with E-state index in [2.05, 4.69) is 15.3 Å². The van der Waals surface area contributed by atoms with Crippen LogP contribution in [0.4, 0.5) is 17.5 Å². The number of carbonyl (C=O) groups is 2. The van der Waals surface area contributed by atoms with Crippen molar-refractivity contribution in [1.29, 1.82) is 0 Å². The molecule has 0 saturated heterocycles. The summed E-state index contributed by atoms with van der Waals surface area (Å²) in [5.74, 6) is -0.121. The third-order valence-electron chi connectivity index (χ3n) is 3.36. The van der Waals surface area contributed by atoms with Crippen LogP contribution in [-0.4, -0.2) is 21.8 Å². The Morgan fingerprint density at radius 1 is 1.04 bits per heavy atom. The van der Waals surface area contributed by atoms with Crippen molar-refractivity contribution in [3.8, 4) is 5.75 Å². The van der Waals surface area contributed by atoms with Crippen molar-refractivity contribution in [2.24, 2.45) is 0 Å². The van der Waals surface area contributed by atoms with Gasteiger partial charge < -0.3 is 21.5 Å². The molecule has 1 aromatic heterocycles. The highest BCUT2D eigenvalue weighted by Crippen LogP contribution is 2.22. The summed E-state index contributed by atoms with van der Waals surface area (Å²) in [6, 6.07) is 11.2. The van der Waals surface area contributed by atoms with Gasteiger partial charge in [-0.25, -0.2) is 9.78 Å². The van der Waals surface area contributed by atoms with Crippen LogP contribution in [0.3, 0.4) is 0 Å². The lowest BCUT2D eigenvalue weighted by molar-refractivity contribution is -0.114. The van der Waals surface area contributed by atoms with Crippen molar-refractivity contribution in [3.63, 3.8) is 0 Å². The quantitative estimate of drug-likeness (QED) is 0.491. The molecular formula is C17H15N5O3. The molecule has 0 aliphatic carbocycles. The Kier molecular flexibility index (Phi) is 4.17. The Labute approximate surface area is 142 Å². The second kappa shape index (κ2) is 6.44. The lowest BCUT2D eigenvalue weighted by Gasteiger charge is -2.08. The van der Waals surface area contributed by atoms with Gasteiger partial charge in [-0.05, 0) is 42.5 Å². The van der Waals surface area contributed by atoms with Gasteiger partial charge in [-0.2, -0.15) is 4.98 Å². The topological polar surface area (TPSA) is 133 Å². The summed E-state index contributed by atoms with van der Waals surface area (Å²) >= 11 is 0. The third-order valence-corrected chi connectivity index (χ3v) is 3.36. The number of aromatic nitrogens is 2. The van der Waals surface area contributed by atoms with Crippen molar-refractivity contribution in [1.82, 2.24) is 9.97 Å². The number of rotatable bonds is 3. The number of esters is 1. The van der Waals surface area contributed by atoms with Gasteiger partial charge in [-0.1, -0.05) is 0 Å². The van der Waals surface area contributed by atoms with Gasteiger partial charge >= 0.3 is 5.97 Å². The van der Waals surface area contributed by atoms with Gasteiger partial charge in [0.1, 0.15) is 11.6 Å². The number of hydrogen-bond donors (Lipinski definition) is 3. The number of benzene rings is 2. The summed E-state index contributed by atoms with van der Waals surface area (Å²) in [4.78, 5) is 31.2. The maximum absolute atomic E-state index is 12.3. The first-order valence-electron chi connectivity index (χ1n) is 7.35. The molecule has 0 radical (unpaired) electrons. The van der Waals surface area contributed by atoms with E-state index in [1.807, 2.05) is 0 Å². The molecule has 0 aliphatic rings. The van der Waals surface area contributed by atoms with Crippen LogP contribution in [0.15, 0.2) is 42.5 Å². The van der Waals surface area contributed by atoms with Gasteiger partial charge in [0, 0.05) is 18.0 Å². The predicted molar refractivity (Wildman–Crippen MR) is 94.1 cm³/mol. The third kappa shape index (κ3) is 3.63. The lowest BCUT2D eigenvalue weighted by atomic mass is 10.1. The fourth-order valence-corrected chi connectivity index (χ4v) is 2.27. The summed E-state index contributed by atoms with van der Waals surface area (Å²) in [5, 5.41) is 3.15. The Morgan fingerprint density at radius 2 is 1.76 bits per heavy atom. The number of carbonyl (C=O) groups excluding carboxylic acids is 2. The van der Waals surface area contributed by atoms with Gasteiger partial charge in [0.25, 0.3) is 0 Å². The fourth-order valence-electron chi connectivity index (χ4n) is 2.27. The number of ether oxygens (including phenoxy) is 1. The van der Waals surface area contributed by atoms with E-state index in [-0.39, 0.29) is 17.7 Å². The second-order valence-corrected chi connectivity index (χ2v) is 5.29. The standard InChI is InChI=1S/C17H15N5O3/c1-9(23)20-11-3-5-12(6-4-11)25-16(24)10-2-7-14-13(8-10)15(18)22-17(19)21-14/h2-8H,1H3,(H,20,23)(H4,18,19,21,22). The zero-order valence-corrected chi connectivity index (χ0v) is 13.3. The van der Waals surface area contributed by atoms with E-state index in [1.54, 1.807) is 42.5 Å². The number of nitrogens with zero attached hydrogens (tertiary/aromatic N) is 2. The molecule has 0 fully saturated rings. The van der Waals surface area contributed by atoms with Crippen molar-refractivity contribution in [2.75, 3.05) is 16.8 Å². The lowest BCUT2D eigenvalue weighted by Crippen LogP contribution is -2.09. The van der Waals surface area contributed by atoms with Crippen molar-refractivity contribution >= 4 is 40.2 Å². The largest absolute Gasteiger partial charge is 0.423 e. The van der Waals surface area contributed by atoms with E-state index in [0.29, 0.717) is 27.9 Å². The number of nitrogens with two attached hydrogens (primary N) is 2. The molecular weight excluding hydrogens is 322 g/mol. The van der Waals surface area contributed by atoms with Gasteiger partial charge in [-0.15, -0.1) is 0 Å². The molecule has 0 unspecified atom stereocenters. The van der Waals surface area contributed by atoms with Crippen molar-refractivity contribution in [2.45, 2.75) is 6.92 Å². The average Bonchev–Trinajstić information content (AvgIpc) is 2.55. The average molecular weight is 337 g/mol. The monoisotopic (exact) mass is 337 g/mol. The normalized spacial score (nSPS) is 10.4. The minimum atomic E-state index is -0.551. The zero-order valence-electron chi connectivity index (χ0n) is 13.3. The molecule has 0 spiro atoms. The molecule has 0 bridgehead atoms. The van der Waals surface area contributed by atoms with Crippen LogP contribution in [0.25, 0.3) is 10.9 Å². The highest BCUT2D eigenvalue weighted by atomic mass is 16.5. The van der Waals surface area contributed by atoms with Gasteiger partial charge in [0.15, 0.2) is 0 Å². The van der Waals surface area contributed by atoms with Crippen molar-refractivity contribution < 1.29 is 14.3 Å². The van der Waals surface area contributed by atoms with Crippen LogP contribution in [-0.2, 0) is 4.79 Å². The molecule has 0 saturated carbocycles. The summed E-state index contributed by atoms with van der Waals surface area (Å²) < 4.78 is 5.31. The summed E-state index contributed by atoms with van der Waals surface area (Å²) in [7, 11) is 0.